The molecule has 3 heterocycles. The number of carbonyl (C=O) groups is 1. The third-order valence-electron chi connectivity index (χ3n) is 5.26. The van der Waals surface area contributed by atoms with E-state index in [4.69, 9.17) is 0 Å². The minimum absolute atomic E-state index is 0.0331. The van der Waals surface area contributed by atoms with E-state index in [0.29, 0.717) is 19.5 Å². The van der Waals surface area contributed by atoms with E-state index in [9.17, 15) is 13.2 Å². The largest absolute Gasteiger partial charge is 0.322 e. The lowest BCUT2D eigenvalue weighted by Gasteiger charge is -2.35. The summed E-state index contributed by atoms with van der Waals surface area (Å²) in [4.78, 5) is 20.2. The molecular weight excluding hydrogens is 422 g/mol. The Morgan fingerprint density at radius 1 is 1.27 bits per heavy atom. The van der Waals surface area contributed by atoms with E-state index < -0.39 is 10.0 Å². The summed E-state index contributed by atoms with van der Waals surface area (Å²) in [6, 6.07) is 7.55. The smallest absolute Gasteiger partial charge is 0.322 e. The minimum atomic E-state index is -3.22. The predicted molar refractivity (Wildman–Crippen MR) is 119 cm³/mol. The highest BCUT2D eigenvalue weighted by molar-refractivity contribution is 7.88. The van der Waals surface area contributed by atoms with Crippen molar-refractivity contribution in [3.05, 3.63) is 42.0 Å². The minimum Gasteiger partial charge on any atom is -0.322 e. The van der Waals surface area contributed by atoms with Gasteiger partial charge in [0.2, 0.25) is 10.0 Å². The van der Waals surface area contributed by atoms with Gasteiger partial charge in [-0.2, -0.15) is 0 Å². The van der Waals surface area contributed by atoms with Crippen LogP contribution in [0.25, 0.3) is 16.2 Å². The first-order valence-corrected chi connectivity index (χ1v) is 12.7. The number of nitrogens with zero attached hydrogens (tertiary/aromatic N) is 3. The van der Waals surface area contributed by atoms with E-state index in [-0.39, 0.29) is 12.1 Å². The number of hydrogen-bond acceptors (Lipinski definition) is 5. The SMILES string of the molecule is CS(=O)(=O)NCC[C@@H]1CCCCN1C(=O)Nc1ccc(-c2cn3ccsc3n2)cc1. The standard InChI is InChI=1S/C20H25N5O3S2/c1-30(27,28)21-10-9-17-4-2-3-11-25(17)19(26)22-16-7-5-15(6-8-16)18-14-24-12-13-29-20(24)23-18/h5-8,12-14,17,21H,2-4,9-11H2,1H3,(H,22,26)/t17-/m0/s1. The van der Waals surface area contributed by atoms with Crippen molar-refractivity contribution in [3.63, 3.8) is 0 Å². The number of nitrogens with one attached hydrogen (secondary N) is 2. The number of thiazole rings is 1. The van der Waals surface area contributed by atoms with Crippen molar-refractivity contribution in [2.45, 2.75) is 31.7 Å². The van der Waals surface area contributed by atoms with Gasteiger partial charge in [0.15, 0.2) is 4.96 Å². The fourth-order valence-electron chi connectivity index (χ4n) is 3.77. The second-order valence-electron chi connectivity index (χ2n) is 7.52. The Balaban J connectivity index is 1.38. The molecule has 10 heteroatoms. The van der Waals surface area contributed by atoms with Crippen LogP contribution in [0.2, 0.25) is 0 Å². The first-order chi connectivity index (χ1) is 14.4. The number of anilines is 1. The number of hydrogen-bond donors (Lipinski definition) is 2. The van der Waals surface area contributed by atoms with Crippen molar-refractivity contribution >= 4 is 38.0 Å². The summed E-state index contributed by atoms with van der Waals surface area (Å²) in [6.45, 7) is 1.02. The Morgan fingerprint density at radius 3 is 2.80 bits per heavy atom. The van der Waals surface area contributed by atoms with E-state index in [0.717, 1.165) is 47.4 Å². The van der Waals surface area contributed by atoms with E-state index in [1.165, 1.54) is 0 Å². The monoisotopic (exact) mass is 447 g/mol. The van der Waals surface area contributed by atoms with E-state index >= 15 is 0 Å². The normalized spacial score (nSPS) is 17.4. The van der Waals surface area contributed by atoms with Crippen molar-refractivity contribution in [1.29, 1.82) is 0 Å². The van der Waals surface area contributed by atoms with Gasteiger partial charge in [-0.05, 0) is 37.8 Å². The molecule has 0 unspecified atom stereocenters. The molecule has 8 nitrogen and oxygen atoms in total. The van der Waals surface area contributed by atoms with Crippen LogP contribution in [-0.4, -0.2) is 54.1 Å². The fourth-order valence-corrected chi connectivity index (χ4v) is 4.95. The maximum absolute atomic E-state index is 12.8. The molecule has 1 aliphatic rings. The number of fused-ring (bicyclic) bond motifs is 1. The van der Waals surface area contributed by atoms with Crippen LogP contribution in [-0.2, 0) is 10.0 Å². The second kappa shape index (κ2) is 8.75. The summed E-state index contributed by atoms with van der Waals surface area (Å²) in [5, 5.41) is 4.97. The number of rotatable bonds is 6. The summed E-state index contributed by atoms with van der Waals surface area (Å²) in [6.07, 6.45) is 8.61. The number of benzene rings is 1. The van der Waals surface area contributed by atoms with Crippen LogP contribution in [0.5, 0.6) is 0 Å². The van der Waals surface area contributed by atoms with Crippen LogP contribution in [0.3, 0.4) is 0 Å². The van der Waals surface area contributed by atoms with Crippen LogP contribution >= 0.6 is 11.3 Å². The lowest BCUT2D eigenvalue weighted by molar-refractivity contribution is 0.159. The molecular formula is C20H25N5O3S2. The topological polar surface area (TPSA) is 95.8 Å². The number of carbonyl (C=O) groups excluding carboxylic acids is 1. The van der Waals surface area contributed by atoms with Crippen LogP contribution in [0.15, 0.2) is 42.0 Å². The number of likely N-dealkylation sites (tertiary alicyclic amines) is 1. The molecule has 1 aliphatic heterocycles. The molecule has 3 aromatic rings. The van der Waals surface area contributed by atoms with E-state index in [2.05, 4.69) is 15.0 Å². The Labute approximate surface area is 180 Å². The quantitative estimate of drug-likeness (QED) is 0.605. The third-order valence-corrected chi connectivity index (χ3v) is 6.75. The van der Waals surface area contributed by atoms with Gasteiger partial charge in [-0.15, -0.1) is 11.3 Å². The molecule has 0 spiro atoms. The van der Waals surface area contributed by atoms with Crippen molar-refractivity contribution in [2.24, 2.45) is 0 Å². The van der Waals surface area contributed by atoms with Gasteiger partial charge in [0.1, 0.15) is 0 Å². The molecule has 4 rings (SSSR count). The van der Waals surface area contributed by atoms with E-state index in [1.807, 2.05) is 51.3 Å². The maximum Gasteiger partial charge on any atom is 0.322 e. The van der Waals surface area contributed by atoms with Gasteiger partial charge < -0.3 is 10.2 Å². The third kappa shape index (κ3) is 5.00. The average molecular weight is 448 g/mol. The number of piperidine rings is 1. The maximum atomic E-state index is 12.8. The number of amides is 2. The van der Waals surface area contributed by atoms with Crippen molar-refractivity contribution in [1.82, 2.24) is 19.0 Å². The molecule has 30 heavy (non-hydrogen) atoms. The summed E-state index contributed by atoms with van der Waals surface area (Å²) >= 11 is 1.59. The number of aromatic nitrogens is 2. The van der Waals surface area contributed by atoms with Gasteiger partial charge in [0.25, 0.3) is 0 Å². The Morgan fingerprint density at radius 2 is 2.07 bits per heavy atom. The van der Waals surface area contributed by atoms with Crippen molar-refractivity contribution in [2.75, 3.05) is 24.7 Å². The lowest BCUT2D eigenvalue weighted by Crippen LogP contribution is -2.47. The molecule has 1 atom stereocenters. The van der Waals surface area contributed by atoms with Gasteiger partial charge in [-0.3, -0.25) is 4.40 Å². The Bertz CT molecular complexity index is 1090. The van der Waals surface area contributed by atoms with E-state index in [1.54, 1.807) is 11.3 Å². The molecule has 1 saturated heterocycles. The highest BCUT2D eigenvalue weighted by atomic mass is 32.2. The van der Waals surface area contributed by atoms with Crippen LogP contribution in [0, 0.1) is 0 Å². The molecule has 2 amide bonds. The van der Waals surface area contributed by atoms with Crippen molar-refractivity contribution in [3.8, 4) is 11.3 Å². The zero-order valence-corrected chi connectivity index (χ0v) is 18.4. The predicted octanol–water partition coefficient (Wildman–Crippen LogP) is 3.39. The molecule has 2 aromatic heterocycles. The van der Waals surface area contributed by atoms with Crippen LogP contribution in [0.4, 0.5) is 10.5 Å². The van der Waals surface area contributed by atoms with Gasteiger partial charge in [-0.1, -0.05) is 12.1 Å². The van der Waals surface area contributed by atoms with Crippen molar-refractivity contribution < 1.29 is 13.2 Å². The molecule has 1 aromatic carbocycles. The number of imidazole rings is 1. The molecule has 1 fully saturated rings. The number of sulfonamides is 1. The lowest BCUT2D eigenvalue weighted by atomic mass is 10.00. The summed E-state index contributed by atoms with van der Waals surface area (Å²) in [5.41, 5.74) is 2.61. The Hall–Kier alpha value is -2.43. The van der Waals surface area contributed by atoms with Gasteiger partial charge >= 0.3 is 6.03 Å². The molecule has 160 valence electrons. The van der Waals surface area contributed by atoms with Gasteiger partial charge in [0.05, 0.1) is 11.9 Å². The zero-order valence-electron chi connectivity index (χ0n) is 16.7. The highest BCUT2D eigenvalue weighted by Crippen LogP contribution is 2.24. The fraction of sp³-hybridized carbons (Fsp3) is 0.400. The molecule has 0 bridgehead atoms. The zero-order chi connectivity index (χ0) is 21.1. The Kier molecular flexibility index (Phi) is 6.07. The average Bonchev–Trinajstić information content (AvgIpc) is 3.30. The second-order valence-corrected chi connectivity index (χ2v) is 10.2. The summed E-state index contributed by atoms with van der Waals surface area (Å²) < 4.78 is 27.1. The van der Waals surface area contributed by atoms with Gasteiger partial charge in [0, 0.05) is 48.2 Å². The summed E-state index contributed by atoms with van der Waals surface area (Å²) in [5.74, 6) is 0. The van der Waals surface area contributed by atoms with Crippen LogP contribution in [0.1, 0.15) is 25.7 Å². The van der Waals surface area contributed by atoms with Gasteiger partial charge in [-0.25, -0.2) is 22.9 Å². The van der Waals surface area contributed by atoms with Crippen LogP contribution < -0.4 is 10.0 Å². The molecule has 0 aliphatic carbocycles. The first kappa shape index (κ1) is 20.8. The summed E-state index contributed by atoms with van der Waals surface area (Å²) in [7, 11) is -3.22. The first-order valence-electron chi connectivity index (χ1n) is 9.94. The molecule has 0 saturated carbocycles. The molecule has 2 N–H and O–H groups in total. The number of urea groups is 1. The highest BCUT2D eigenvalue weighted by Gasteiger charge is 2.26. The molecule has 0 radical (unpaired) electrons.